The van der Waals surface area contributed by atoms with Crippen molar-refractivity contribution in [3.8, 4) is 0 Å². The van der Waals surface area contributed by atoms with Gasteiger partial charge in [0, 0.05) is 0 Å². The van der Waals surface area contributed by atoms with E-state index in [9.17, 15) is 0 Å². The number of hydrogen-bond acceptors (Lipinski definition) is 0. The van der Waals surface area contributed by atoms with Crippen LogP contribution in [0.3, 0.4) is 0 Å². The fourth-order valence-corrected chi connectivity index (χ4v) is 0.750. The highest BCUT2D eigenvalue weighted by atomic mass is 14.1. The lowest BCUT2D eigenvalue weighted by molar-refractivity contribution is 0.373. The lowest BCUT2D eigenvalue weighted by atomic mass is 9.91. The van der Waals surface area contributed by atoms with E-state index >= 15 is 0 Å². The van der Waals surface area contributed by atoms with Crippen LogP contribution in [-0.4, -0.2) is 0 Å². The summed E-state index contributed by atoms with van der Waals surface area (Å²) in [7, 11) is 0. The normalized spacial score (nSPS) is 8.73. The van der Waals surface area contributed by atoms with Crippen LogP contribution >= 0.6 is 0 Å². The van der Waals surface area contributed by atoms with Crippen LogP contribution in [0.5, 0.6) is 0 Å². The Bertz CT molecular complexity index is 38.5. The molecule has 0 aliphatic rings. The first kappa shape index (κ1) is 17.2. The molecule has 0 fully saturated rings. The minimum atomic E-state index is 0.550. The van der Waals surface area contributed by atoms with E-state index in [4.69, 9.17) is 0 Å². The summed E-state index contributed by atoms with van der Waals surface area (Å²) in [6.07, 6.45) is 2.65. The average Bonchev–Trinajstić information content (AvgIpc) is 1.94. The Morgan fingerprint density at radius 1 is 0.818 bits per heavy atom. The van der Waals surface area contributed by atoms with Gasteiger partial charge in [0.25, 0.3) is 0 Å². The van der Waals surface area contributed by atoms with Crippen LogP contribution in [0, 0.1) is 5.41 Å². The highest BCUT2D eigenvalue weighted by molar-refractivity contribution is 4.58. The second kappa shape index (κ2) is 12.7. The molecule has 0 aliphatic carbocycles. The van der Waals surface area contributed by atoms with Crippen LogP contribution in [0.1, 0.15) is 68.2 Å². The van der Waals surface area contributed by atoms with E-state index in [-0.39, 0.29) is 0 Å². The van der Waals surface area contributed by atoms with Gasteiger partial charge in [-0.1, -0.05) is 61.8 Å². The van der Waals surface area contributed by atoms with Crippen LogP contribution in [0.25, 0.3) is 0 Å². The van der Waals surface area contributed by atoms with Crippen molar-refractivity contribution < 1.29 is 0 Å². The molecule has 0 spiro atoms. The molecule has 0 aromatic heterocycles. The monoisotopic (exact) mass is 160 g/mol. The van der Waals surface area contributed by atoms with Gasteiger partial charge in [-0.25, -0.2) is 0 Å². The molecular weight excluding hydrogens is 132 g/mol. The Hall–Kier alpha value is 0. The highest BCUT2D eigenvalue weighted by Crippen LogP contribution is 2.19. The Kier molecular flexibility index (Phi) is 19.8. The van der Waals surface area contributed by atoms with Crippen molar-refractivity contribution in [1.29, 1.82) is 0 Å². The summed E-state index contributed by atoms with van der Waals surface area (Å²) in [5.74, 6) is 0. The maximum atomic E-state index is 2.27. The smallest absolute Gasteiger partial charge is 0.0383 e. The van der Waals surface area contributed by atoms with E-state index in [1.165, 1.54) is 12.8 Å². The molecule has 0 unspecified atom stereocenters. The zero-order valence-electron chi connectivity index (χ0n) is 9.91. The summed E-state index contributed by atoms with van der Waals surface area (Å²) in [5.41, 5.74) is 0.550. The molecule has 0 N–H and O–H groups in total. The molecule has 0 aliphatic heterocycles. The summed E-state index contributed by atoms with van der Waals surface area (Å²) < 4.78 is 0. The molecule has 0 saturated heterocycles. The van der Waals surface area contributed by atoms with Gasteiger partial charge >= 0.3 is 0 Å². The van der Waals surface area contributed by atoms with Gasteiger partial charge in [-0.2, -0.15) is 0 Å². The van der Waals surface area contributed by atoms with Crippen molar-refractivity contribution in [2.75, 3.05) is 0 Å². The maximum Gasteiger partial charge on any atom is -0.0383 e. The van der Waals surface area contributed by atoms with Crippen molar-refractivity contribution in [2.45, 2.75) is 68.2 Å². The van der Waals surface area contributed by atoms with Crippen LogP contribution in [-0.2, 0) is 0 Å². The quantitative estimate of drug-likeness (QED) is 0.512. The van der Waals surface area contributed by atoms with Crippen molar-refractivity contribution in [3.63, 3.8) is 0 Å². The van der Waals surface area contributed by atoms with Crippen molar-refractivity contribution >= 4 is 0 Å². The molecular formula is C11H28. The molecule has 0 rings (SSSR count). The molecule has 0 aromatic rings. The molecule has 0 nitrogen and oxygen atoms in total. The van der Waals surface area contributed by atoms with Crippen molar-refractivity contribution in [3.05, 3.63) is 0 Å². The summed E-state index contributed by atoms with van der Waals surface area (Å²) in [4.78, 5) is 0. The molecule has 72 valence electrons. The minimum absolute atomic E-state index is 0.550. The van der Waals surface area contributed by atoms with E-state index in [2.05, 4.69) is 27.7 Å². The molecule has 0 amide bonds. The van der Waals surface area contributed by atoms with Crippen LogP contribution in [0.2, 0.25) is 0 Å². The SMILES string of the molecule is CC.CC.CCCC(C)(C)C. The van der Waals surface area contributed by atoms with Gasteiger partial charge in [-0.3, -0.25) is 0 Å². The zero-order chi connectivity index (χ0) is 9.91. The first-order valence-corrected chi connectivity index (χ1v) is 5.06. The second-order valence-electron chi connectivity index (χ2n) is 3.31. The largest absolute Gasteiger partial charge is 0.0683 e. The predicted molar refractivity (Wildman–Crippen MR) is 57.1 cm³/mol. The zero-order valence-corrected chi connectivity index (χ0v) is 9.91. The fourth-order valence-electron chi connectivity index (χ4n) is 0.750. The van der Waals surface area contributed by atoms with E-state index in [0.717, 1.165) is 0 Å². The van der Waals surface area contributed by atoms with Gasteiger partial charge < -0.3 is 0 Å². The average molecular weight is 160 g/mol. The molecule has 11 heavy (non-hydrogen) atoms. The topological polar surface area (TPSA) is 0 Å². The Morgan fingerprint density at radius 3 is 1.09 bits per heavy atom. The lowest BCUT2D eigenvalue weighted by Crippen LogP contribution is -2.02. The lowest BCUT2D eigenvalue weighted by Gasteiger charge is -2.15. The van der Waals surface area contributed by atoms with E-state index in [1.54, 1.807) is 0 Å². The molecule has 0 bridgehead atoms. The van der Waals surface area contributed by atoms with Crippen molar-refractivity contribution in [1.82, 2.24) is 0 Å². The van der Waals surface area contributed by atoms with E-state index < -0.39 is 0 Å². The van der Waals surface area contributed by atoms with E-state index in [1.807, 2.05) is 27.7 Å². The van der Waals surface area contributed by atoms with Gasteiger partial charge in [0.1, 0.15) is 0 Å². The molecule has 0 saturated carbocycles. The second-order valence-corrected chi connectivity index (χ2v) is 3.31. The van der Waals surface area contributed by atoms with Crippen LogP contribution in [0.15, 0.2) is 0 Å². The van der Waals surface area contributed by atoms with Gasteiger partial charge in [0.2, 0.25) is 0 Å². The summed E-state index contributed by atoms with van der Waals surface area (Å²) in [5, 5.41) is 0. The summed E-state index contributed by atoms with van der Waals surface area (Å²) in [6, 6.07) is 0. The molecule has 0 atom stereocenters. The van der Waals surface area contributed by atoms with Gasteiger partial charge in [0.15, 0.2) is 0 Å². The van der Waals surface area contributed by atoms with Gasteiger partial charge in [0.05, 0.1) is 0 Å². The number of rotatable bonds is 1. The molecule has 0 heteroatoms. The van der Waals surface area contributed by atoms with Crippen molar-refractivity contribution in [2.24, 2.45) is 5.41 Å². The first-order chi connectivity index (χ1) is 5.06. The number of hydrogen-bond donors (Lipinski definition) is 0. The molecule has 0 radical (unpaired) electrons. The first-order valence-electron chi connectivity index (χ1n) is 5.06. The summed E-state index contributed by atoms with van der Waals surface area (Å²) in [6.45, 7) is 17.1. The Balaban J connectivity index is -0.000000138. The van der Waals surface area contributed by atoms with E-state index in [0.29, 0.717) is 5.41 Å². The Labute approximate surface area is 74.4 Å². The van der Waals surface area contributed by atoms with Crippen LogP contribution in [0.4, 0.5) is 0 Å². The fraction of sp³-hybridized carbons (Fsp3) is 1.00. The highest BCUT2D eigenvalue weighted by Gasteiger charge is 2.06. The standard InChI is InChI=1S/C7H16.2C2H6/c1-5-6-7(2,3)4;2*1-2/h5-6H2,1-4H3;2*1-2H3. The third-order valence-electron chi connectivity index (χ3n) is 1.000. The Morgan fingerprint density at radius 2 is 1.09 bits per heavy atom. The molecule has 0 heterocycles. The third kappa shape index (κ3) is 40.0. The minimum Gasteiger partial charge on any atom is -0.0683 e. The third-order valence-corrected chi connectivity index (χ3v) is 1.000. The predicted octanol–water partition coefficient (Wildman–Crippen LogP) is 4.89. The van der Waals surface area contributed by atoms with Gasteiger partial charge in [-0.15, -0.1) is 0 Å². The maximum absolute atomic E-state index is 2.27. The van der Waals surface area contributed by atoms with Gasteiger partial charge in [-0.05, 0) is 11.8 Å². The summed E-state index contributed by atoms with van der Waals surface area (Å²) >= 11 is 0. The van der Waals surface area contributed by atoms with Crippen LogP contribution < -0.4 is 0 Å². The molecule has 0 aromatic carbocycles.